The Kier molecular flexibility index (Phi) is 9.14. The van der Waals surface area contributed by atoms with Crippen LogP contribution < -0.4 is 0 Å². The molecule has 1 N–H and O–H groups in total. The zero-order valence-corrected chi connectivity index (χ0v) is 19.4. The molecule has 1 aliphatic heterocycles. The molecule has 0 spiro atoms. The minimum atomic E-state index is -0.464. The highest BCUT2D eigenvalue weighted by atomic mass is 16.5. The van der Waals surface area contributed by atoms with Gasteiger partial charge in [0.05, 0.1) is 6.61 Å². The van der Waals surface area contributed by atoms with Crippen LogP contribution in [0.5, 0.6) is 0 Å². The third kappa shape index (κ3) is 7.21. The molecule has 0 saturated carbocycles. The SMILES string of the molecule is CCCCCCCCCc1ccc(-c2ccc(CCC3(CO)COC(C)=N3)cc2)cc1. The summed E-state index contributed by atoms with van der Waals surface area (Å²) in [4.78, 5) is 4.51. The standard InChI is InChI=1S/C28H39NO2/c1-3-4-5-6-7-8-9-10-24-11-15-26(16-12-24)27-17-13-25(14-18-27)19-20-28(21-30)22-31-23(2)29-28/h11-18,30H,3-10,19-22H2,1-2H3. The van der Waals surface area contributed by atoms with Gasteiger partial charge in [0.1, 0.15) is 12.1 Å². The third-order valence-corrected chi connectivity index (χ3v) is 6.43. The first-order valence-electron chi connectivity index (χ1n) is 12.1. The highest BCUT2D eigenvalue weighted by Crippen LogP contribution is 2.26. The summed E-state index contributed by atoms with van der Waals surface area (Å²) in [7, 11) is 0. The Hall–Kier alpha value is -2.13. The van der Waals surface area contributed by atoms with Gasteiger partial charge in [-0.05, 0) is 47.9 Å². The summed E-state index contributed by atoms with van der Waals surface area (Å²) in [5.41, 5.74) is 4.77. The molecule has 1 heterocycles. The molecule has 0 aliphatic carbocycles. The van der Waals surface area contributed by atoms with Crippen molar-refractivity contribution in [1.29, 1.82) is 0 Å². The van der Waals surface area contributed by atoms with Crippen LogP contribution in [0.25, 0.3) is 11.1 Å². The maximum atomic E-state index is 9.75. The summed E-state index contributed by atoms with van der Waals surface area (Å²) in [5, 5.41) is 9.75. The first kappa shape index (κ1) is 23.5. The number of aliphatic hydroxyl groups excluding tert-OH is 1. The van der Waals surface area contributed by atoms with E-state index in [4.69, 9.17) is 4.74 Å². The largest absolute Gasteiger partial charge is 0.479 e. The van der Waals surface area contributed by atoms with E-state index in [2.05, 4.69) is 60.4 Å². The lowest BCUT2D eigenvalue weighted by Crippen LogP contribution is -2.33. The Balaban J connectivity index is 1.45. The molecule has 2 aromatic rings. The van der Waals surface area contributed by atoms with E-state index in [1.807, 2.05) is 6.92 Å². The van der Waals surface area contributed by atoms with Crippen LogP contribution in [0.4, 0.5) is 0 Å². The number of hydrogen-bond acceptors (Lipinski definition) is 3. The molecule has 1 aliphatic rings. The van der Waals surface area contributed by atoms with E-state index in [0.29, 0.717) is 12.5 Å². The lowest BCUT2D eigenvalue weighted by Gasteiger charge is -2.21. The Bertz CT molecular complexity index is 810. The second-order valence-electron chi connectivity index (χ2n) is 9.07. The molecule has 0 bridgehead atoms. The van der Waals surface area contributed by atoms with Crippen LogP contribution in [-0.4, -0.2) is 29.8 Å². The highest BCUT2D eigenvalue weighted by Gasteiger charge is 2.34. The lowest BCUT2D eigenvalue weighted by molar-refractivity contribution is 0.150. The first-order chi connectivity index (χ1) is 15.1. The van der Waals surface area contributed by atoms with Gasteiger partial charge in [0.15, 0.2) is 5.90 Å². The summed E-state index contributed by atoms with van der Waals surface area (Å²) < 4.78 is 5.48. The predicted molar refractivity (Wildman–Crippen MR) is 131 cm³/mol. The highest BCUT2D eigenvalue weighted by molar-refractivity contribution is 5.75. The fraction of sp³-hybridized carbons (Fsp3) is 0.536. The fourth-order valence-electron chi connectivity index (χ4n) is 4.32. The van der Waals surface area contributed by atoms with Gasteiger partial charge in [-0.25, -0.2) is 4.99 Å². The molecule has 3 nitrogen and oxygen atoms in total. The molecule has 168 valence electrons. The average molecular weight is 422 g/mol. The molecule has 0 saturated heterocycles. The molecule has 3 rings (SSSR count). The number of rotatable bonds is 13. The zero-order chi connectivity index (χ0) is 21.9. The van der Waals surface area contributed by atoms with Crippen molar-refractivity contribution < 1.29 is 9.84 Å². The predicted octanol–water partition coefficient (Wildman–Crippen LogP) is 6.76. The topological polar surface area (TPSA) is 41.8 Å². The fourth-order valence-corrected chi connectivity index (χ4v) is 4.32. The van der Waals surface area contributed by atoms with Crippen LogP contribution in [0.15, 0.2) is 53.5 Å². The van der Waals surface area contributed by atoms with E-state index in [1.54, 1.807) is 0 Å². The minimum absolute atomic E-state index is 0.0353. The third-order valence-electron chi connectivity index (χ3n) is 6.43. The molecule has 0 aromatic heterocycles. The van der Waals surface area contributed by atoms with Crippen LogP contribution in [0.1, 0.15) is 76.3 Å². The number of aliphatic imine (C=N–C) groups is 1. The molecule has 0 fully saturated rings. The maximum Gasteiger partial charge on any atom is 0.180 e. The van der Waals surface area contributed by atoms with Crippen molar-refractivity contribution in [3.8, 4) is 11.1 Å². The Morgan fingerprint density at radius 1 is 0.806 bits per heavy atom. The number of aryl methyl sites for hydroxylation is 2. The number of ether oxygens (including phenoxy) is 1. The molecule has 1 unspecified atom stereocenters. The van der Waals surface area contributed by atoms with E-state index in [9.17, 15) is 5.11 Å². The van der Waals surface area contributed by atoms with Crippen LogP contribution in [-0.2, 0) is 17.6 Å². The quantitative estimate of drug-likeness (QED) is 0.363. The first-order valence-corrected chi connectivity index (χ1v) is 12.1. The van der Waals surface area contributed by atoms with E-state index < -0.39 is 5.54 Å². The normalized spacial score (nSPS) is 18.1. The van der Waals surface area contributed by atoms with Crippen molar-refractivity contribution in [2.45, 2.75) is 83.6 Å². The number of benzene rings is 2. The van der Waals surface area contributed by atoms with Gasteiger partial charge in [-0.15, -0.1) is 0 Å². The maximum absolute atomic E-state index is 9.75. The summed E-state index contributed by atoms with van der Waals surface area (Å²) in [5.74, 6) is 0.680. The van der Waals surface area contributed by atoms with Crippen molar-refractivity contribution in [3.63, 3.8) is 0 Å². The zero-order valence-electron chi connectivity index (χ0n) is 19.4. The molecular formula is C28H39NO2. The number of nitrogens with zero attached hydrogens (tertiary/aromatic N) is 1. The van der Waals surface area contributed by atoms with Gasteiger partial charge in [-0.2, -0.15) is 0 Å². The summed E-state index contributed by atoms with van der Waals surface area (Å²) >= 11 is 0. The van der Waals surface area contributed by atoms with E-state index in [0.717, 1.165) is 12.8 Å². The summed E-state index contributed by atoms with van der Waals surface area (Å²) in [6.07, 6.45) is 12.4. The summed E-state index contributed by atoms with van der Waals surface area (Å²) in [6, 6.07) is 17.9. The van der Waals surface area contributed by atoms with Gasteiger partial charge in [0.2, 0.25) is 0 Å². The number of aliphatic hydroxyl groups is 1. The lowest BCUT2D eigenvalue weighted by atomic mass is 9.93. The number of hydrogen-bond donors (Lipinski definition) is 1. The van der Waals surface area contributed by atoms with Gasteiger partial charge >= 0.3 is 0 Å². The summed E-state index contributed by atoms with van der Waals surface area (Å²) in [6.45, 7) is 4.65. The van der Waals surface area contributed by atoms with Gasteiger partial charge in [-0.3, -0.25) is 0 Å². The minimum Gasteiger partial charge on any atom is -0.479 e. The van der Waals surface area contributed by atoms with Crippen molar-refractivity contribution in [2.75, 3.05) is 13.2 Å². The van der Waals surface area contributed by atoms with Crippen LogP contribution in [0.3, 0.4) is 0 Å². The average Bonchev–Trinajstić information content (AvgIpc) is 3.19. The van der Waals surface area contributed by atoms with Crippen LogP contribution in [0, 0.1) is 0 Å². The van der Waals surface area contributed by atoms with Gasteiger partial charge in [-0.1, -0.05) is 94.0 Å². The van der Waals surface area contributed by atoms with Crippen molar-refractivity contribution >= 4 is 5.90 Å². The van der Waals surface area contributed by atoms with Crippen LogP contribution >= 0.6 is 0 Å². The monoisotopic (exact) mass is 421 g/mol. The Labute approximate surface area is 188 Å². The van der Waals surface area contributed by atoms with E-state index in [1.165, 1.54) is 73.6 Å². The van der Waals surface area contributed by atoms with Crippen LogP contribution in [0.2, 0.25) is 0 Å². The number of unbranched alkanes of at least 4 members (excludes halogenated alkanes) is 6. The molecule has 0 radical (unpaired) electrons. The Morgan fingerprint density at radius 3 is 1.87 bits per heavy atom. The van der Waals surface area contributed by atoms with E-state index >= 15 is 0 Å². The molecule has 2 aromatic carbocycles. The van der Waals surface area contributed by atoms with Crippen molar-refractivity contribution in [2.24, 2.45) is 4.99 Å². The van der Waals surface area contributed by atoms with Gasteiger partial charge in [0.25, 0.3) is 0 Å². The molecule has 3 heteroatoms. The second-order valence-corrected chi connectivity index (χ2v) is 9.07. The van der Waals surface area contributed by atoms with Gasteiger partial charge in [0, 0.05) is 6.92 Å². The molecule has 31 heavy (non-hydrogen) atoms. The second kappa shape index (κ2) is 12.0. The van der Waals surface area contributed by atoms with Crippen molar-refractivity contribution in [1.82, 2.24) is 0 Å². The molecule has 0 amide bonds. The molecular weight excluding hydrogens is 382 g/mol. The molecule has 1 atom stereocenters. The van der Waals surface area contributed by atoms with Crippen molar-refractivity contribution in [3.05, 3.63) is 59.7 Å². The van der Waals surface area contributed by atoms with Gasteiger partial charge < -0.3 is 9.84 Å². The van der Waals surface area contributed by atoms with E-state index in [-0.39, 0.29) is 6.61 Å². The Morgan fingerprint density at radius 2 is 1.35 bits per heavy atom. The smallest absolute Gasteiger partial charge is 0.180 e.